The van der Waals surface area contributed by atoms with Crippen molar-refractivity contribution in [3.05, 3.63) is 52.0 Å². The van der Waals surface area contributed by atoms with Crippen LogP contribution in [0.3, 0.4) is 0 Å². The molecule has 36 heavy (non-hydrogen) atoms. The fraction of sp³-hybridized carbons (Fsp3) is 0.552. The van der Waals surface area contributed by atoms with Gasteiger partial charge < -0.3 is 19.6 Å². The van der Waals surface area contributed by atoms with E-state index < -0.39 is 0 Å². The molecule has 0 bridgehead atoms. The summed E-state index contributed by atoms with van der Waals surface area (Å²) in [6.07, 6.45) is 3.62. The number of anilines is 1. The maximum atomic E-state index is 9.40. The van der Waals surface area contributed by atoms with Crippen LogP contribution in [0.1, 0.15) is 62.8 Å². The molecule has 7 heteroatoms. The Bertz CT molecular complexity index is 1110. The van der Waals surface area contributed by atoms with E-state index in [0.29, 0.717) is 22.8 Å². The molecule has 0 aliphatic carbocycles. The van der Waals surface area contributed by atoms with Crippen molar-refractivity contribution in [1.29, 1.82) is 0 Å². The second-order valence-electron chi connectivity index (χ2n) is 11.1. The average molecular weight is 514 g/mol. The Morgan fingerprint density at radius 3 is 2.56 bits per heavy atom. The lowest BCUT2D eigenvalue weighted by Crippen LogP contribution is -2.56. The number of hydrogen-bond acceptors (Lipinski definition) is 6. The van der Waals surface area contributed by atoms with Crippen LogP contribution in [0, 0.1) is 19.3 Å². The number of methoxy groups -OCH3 is 1. The van der Waals surface area contributed by atoms with Gasteiger partial charge in [0.15, 0.2) is 0 Å². The minimum atomic E-state index is -0.242. The van der Waals surface area contributed by atoms with Gasteiger partial charge in [0.25, 0.3) is 0 Å². The van der Waals surface area contributed by atoms with E-state index in [0.717, 1.165) is 36.7 Å². The molecule has 2 aliphatic rings. The molecule has 0 amide bonds. The van der Waals surface area contributed by atoms with Gasteiger partial charge in [0.1, 0.15) is 18.1 Å². The van der Waals surface area contributed by atoms with Gasteiger partial charge in [-0.05, 0) is 68.0 Å². The number of ether oxygens (including phenoxy) is 2. The van der Waals surface area contributed by atoms with E-state index in [-0.39, 0.29) is 12.0 Å². The zero-order chi connectivity index (χ0) is 26.0. The van der Waals surface area contributed by atoms with Crippen molar-refractivity contribution >= 4 is 23.0 Å². The summed E-state index contributed by atoms with van der Waals surface area (Å²) in [5.74, 6) is 1.59. The van der Waals surface area contributed by atoms with Crippen molar-refractivity contribution in [2.45, 2.75) is 66.0 Å². The zero-order valence-corrected chi connectivity index (χ0v) is 23.2. The van der Waals surface area contributed by atoms with E-state index in [1.54, 1.807) is 7.11 Å². The second kappa shape index (κ2) is 10.9. The number of halogens is 1. The predicted octanol–water partition coefficient (Wildman–Crippen LogP) is 6.64. The summed E-state index contributed by atoms with van der Waals surface area (Å²) in [6.45, 7) is 13.7. The second-order valence-corrected chi connectivity index (χ2v) is 11.5. The number of piperidine rings is 1. The number of nitrogens with zero attached hydrogens (tertiary/aromatic N) is 3. The van der Waals surface area contributed by atoms with Crippen molar-refractivity contribution in [3.63, 3.8) is 0 Å². The van der Waals surface area contributed by atoms with E-state index in [1.165, 1.54) is 36.1 Å². The summed E-state index contributed by atoms with van der Waals surface area (Å²) < 4.78 is 11.6. The van der Waals surface area contributed by atoms with E-state index in [2.05, 4.69) is 53.1 Å². The summed E-state index contributed by atoms with van der Waals surface area (Å²) in [5.41, 5.74) is 5.42. The van der Waals surface area contributed by atoms with Gasteiger partial charge in [-0.2, -0.15) is 0 Å². The van der Waals surface area contributed by atoms with Gasteiger partial charge in [0.2, 0.25) is 0 Å². The number of rotatable bonds is 6. The highest BCUT2D eigenvalue weighted by Crippen LogP contribution is 2.40. The van der Waals surface area contributed by atoms with Crippen molar-refractivity contribution in [2.24, 2.45) is 10.6 Å². The van der Waals surface area contributed by atoms with Gasteiger partial charge in [0, 0.05) is 48.9 Å². The molecule has 0 radical (unpaired) electrons. The highest BCUT2D eigenvalue weighted by molar-refractivity contribution is 6.32. The van der Waals surface area contributed by atoms with Gasteiger partial charge in [0.05, 0.1) is 17.8 Å². The average Bonchev–Trinajstić information content (AvgIpc) is 2.86. The SMILES string of the molecule is COc1cc(N2CCN3C(CCC[C@@H]3c3ccc(OC/C(=N\O)C(C)(C)C)c(C)c3C)C2)ccc1Cl. The summed E-state index contributed by atoms with van der Waals surface area (Å²) in [6, 6.07) is 11.4. The van der Waals surface area contributed by atoms with E-state index in [9.17, 15) is 5.21 Å². The molecule has 4 rings (SSSR count). The molecule has 0 saturated carbocycles. The Morgan fingerprint density at radius 1 is 1.08 bits per heavy atom. The monoisotopic (exact) mass is 513 g/mol. The van der Waals surface area contributed by atoms with Gasteiger partial charge in [-0.1, -0.05) is 43.6 Å². The maximum Gasteiger partial charge on any atom is 0.139 e. The number of fused-ring (bicyclic) bond motifs is 1. The third kappa shape index (κ3) is 5.45. The lowest BCUT2D eigenvalue weighted by atomic mass is 9.86. The number of benzene rings is 2. The normalized spacial score (nSPS) is 21.3. The van der Waals surface area contributed by atoms with Gasteiger partial charge in [-0.25, -0.2) is 0 Å². The minimum absolute atomic E-state index is 0.242. The van der Waals surface area contributed by atoms with Crippen LogP contribution in [0.5, 0.6) is 11.5 Å². The van der Waals surface area contributed by atoms with Crippen LogP contribution in [-0.2, 0) is 0 Å². The third-order valence-corrected chi connectivity index (χ3v) is 8.24. The topological polar surface area (TPSA) is 57.5 Å². The highest BCUT2D eigenvalue weighted by atomic mass is 35.5. The summed E-state index contributed by atoms with van der Waals surface area (Å²) in [5, 5.41) is 13.5. The molecule has 2 fully saturated rings. The largest absolute Gasteiger partial charge is 0.495 e. The van der Waals surface area contributed by atoms with Gasteiger partial charge in [-0.3, -0.25) is 4.90 Å². The molecule has 2 aromatic carbocycles. The van der Waals surface area contributed by atoms with E-state index in [4.69, 9.17) is 21.1 Å². The fourth-order valence-electron chi connectivity index (χ4n) is 5.54. The Labute approximate surface area is 220 Å². The Hall–Kier alpha value is -2.44. The number of piperazine rings is 1. The fourth-order valence-corrected chi connectivity index (χ4v) is 5.73. The van der Waals surface area contributed by atoms with E-state index in [1.807, 2.05) is 26.8 Å². The summed E-state index contributed by atoms with van der Waals surface area (Å²) in [4.78, 5) is 5.18. The van der Waals surface area contributed by atoms with E-state index >= 15 is 0 Å². The summed E-state index contributed by atoms with van der Waals surface area (Å²) >= 11 is 6.26. The van der Waals surface area contributed by atoms with Crippen LogP contribution in [0.15, 0.2) is 35.5 Å². The predicted molar refractivity (Wildman–Crippen MR) is 147 cm³/mol. The molecular formula is C29H40ClN3O3. The van der Waals surface area contributed by atoms with Crippen LogP contribution in [-0.4, -0.2) is 55.2 Å². The number of hydrogen-bond donors (Lipinski definition) is 1. The smallest absolute Gasteiger partial charge is 0.139 e. The molecule has 196 valence electrons. The van der Waals surface area contributed by atoms with Gasteiger partial charge >= 0.3 is 0 Å². The molecule has 0 aromatic heterocycles. The molecule has 2 heterocycles. The first-order valence-corrected chi connectivity index (χ1v) is 13.3. The molecule has 2 aromatic rings. The molecule has 1 N–H and O–H groups in total. The van der Waals surface area contributed by atoms with Crippen molar-refractivity contribution in [1.82, 2.24) is 4.90 Å². The Kier molecular flexibility index (Phi) is 8.06. The molecule has 2 atom stereocenters. The zero-order valence-electron chi connectivity index (χ0n) is 22.5. The molecular weight excluding hydrogens is 474 g/mol. The first-order chi connectivity index (χ1) is 17.1. The summed E-state index contributed by atoms with van der Waals surface area (Å²) in [7, 11) is 1.67. The van der Waals surface area contributed by atoms with Crippen molar-refractivity contribution in [3.8, 4) is 11.5 Å². The van der Waals surface area contributed by atoms with Crippen LogP contribution >= 0.6 is 11.6 Å². The molecule has 1 unspecified atom stereocenters. The van der Waals surface area contributed by atoms with Crippen LogP contribution in [0.25, 0.3) is 0 Å². The quantitative estimate of drug-likeness (QED) is 0.266. The standard InChI is InChI=1S/C29H40ClN3O3/c1-19-20(2)26(36-18-28(31-34)29(3,4)5)13-11-23(19)25-9-7-8-22-17-32(14-15-33(22)25)21-10-12-24(30)27(16-21)35-6/h10-13,16,22,25,34H,7-9,14-15,17-18H2,1-6H3/b31-28+/t22?,25-/m1/s1. The van der Waals surface area contributed by atoms with Crippen LogP contribution in [0.2, 0.25) is 5.02 Å². The van der Waals surface area contributed by atoms with Crippen LogP contribution in [0.4, 0.5) is 5.69 Å². The highest BCUT2D eigenvalue weighted by Gasteiger charge is 2.36. The Balaban J connectivity index is 1.49. The molecule has 0 spiro atoms. The maximum absolute atomic E-state index is 9.40. The molecule has 2 saturated heterocycles. The van der Waals surface area contributed by atoms with Crippen molar-refractivity contribution in [2.75, 3.05) is 38.3 Å². The van der Waals surface area contributed by atoms with Crippen LogP contribution < -0.4 is 14.4 Å². The molecule has 2 aliphatic heterocycles. The lowest BCUT2D eigenvalue weighted by Gasteiger charge is -2.49. The van der Waals surface area contributed by atoms with Gasteiger partial charge in [-0.15, -0.1) is 0 Å². The lowest BCUT2D eigenvalue weighted by molar-refractivity contribution is 0.0712. The molecule has 6 nitrogen and oxygen atoms in total. The first-order valence-electron chi connectivity index (χ1n) is 12.9. The minimum Gasteiger partial charge on any atom is -0.495 e. The number of oxime groups is 1. The first kappa shape index (κ1) is 26.6. The Morgan fingerprint density at radius 2 is 1.86 bits per heavy atom. The van der Waals surface area contributed by atoms with Crippen molar-refractivity contribution < 1.29 is 14.7 Å². The third-order valence-electron chi connectivity index (χ3n) is 7.93.